The van der Waals surface area contributed by atoms with E-state index in [0.29, 0.717) is 6.42 Å². The fourth-order valence-electron chi connectivity index (χ4n) is 2.35. The van der Waals surface area contributed by atoms with Gasteiger partial charge in [0, 0.05) is 6.42 Å². The van der Waals surface area contributed by atoms with Crippen molar-refractivity contribution in [3.63, 3.8) is 0 Å². The molecule has 0 fully saturated rings. The van der Waals surface area contributed by atoms with Crippen molar-refractivity contribution in [3.05, 3.63) is 22.3 Å². The Bertz CT molecular complexity index is 286. The van der Waals surface area contributed by atoms with Crippen LogP contribution in [0.5, 0.6) is 0 Å². The molecule has 1 N–H and O–H groups in total. The van der Waals surface area contributed by atoms with Crippen molar-refractivity contribution < 1.29 is 39.5 Å². The summed E-state index contributed by atoms with van der Waals surface area (Å²) in [4.78, 5) is 18.3. The molecule has 0 aromatic carbocycles. The van der Waals surface area contributed by atoms with E-state index in [4.69, 9.17) is 15.2 Å². The number of hydrogen-bond donors (Lipinski definition) is 1. The van der Waals surface area contributed by atoms with Gasteiger partial charge in [0.2, 0.25) is 0 Å². The van der Waals surface area contributed by atoms with Crippen LogP contribution in [0.3, 0.4) is 0 Å². The Labute approximate surface area is 169 Å². The van der Waals surface area contributed by atoms with E-state index in [1.54, 1.807) is 0 Å². The predicted molar refractivity (Wildman–Crippen MR) is 96.2 cm³/mol. The van der Waals surface area contributed by atoms with E-state index < -0.39 is 5.97 Å². The Kier molecular flexibility index (Phi) is 32.5. The molecule has 0 heterocycles. The number of allylic oxidation sites excluding steroid dienone is 2. The van der Waals surface area contributed by atoms with Crippen molar-refractivity contribution in [1.82, 2.24) is 0 Å². The minimum Gasteiger partial charge on any atom is -0.481 e. The molecule has 0 aliphatic rings. The van der Waals surface area contributed by atoms with Gasteiger partial charge in [-0.1, -0.05) is 70.4 Å². The maximum Gasteiger partial charge on any atom is 1.00 e. The Morgan fingerprint density at radius 2 is 1.25 bits per heavy atom. The Morgan fingerprint density at radius 3 is 1.67 bits per heavy atom. The van der Waals surface area contributed by atoms with Gasteiger partial charge in [-0.3, -0.25) is 4.79 Å². The molecular formula is C18H34NNaO4. The molecular weight excluding hydrogens is 317 g/mol. The van der Waals surface area contributed by atoms with Gasteiger partial charge < -0.3 is 15.2 Å². The van der Waals surface area contributed by atoms with Crippen LogP contribution in [0.25, 0.3) is 0 Å². The van der Waals surface area contributed by atoms with Gasteiger partial charge in [-0.05, 0) is 32.1 Å². The Balaban J connectivity index is -0.00000102. The molecule has 0 saturated carbocycles. The van der Waals surface area contributed by atoms with Crippen molar-refractivity contribution in [2.24, 2.45) is 5.34 Å². The third-order valence-corrected chi connectivity index (χ3v) is 3.65. The molecule has 136 valence electrons. The summed E-state index contributed by atoms with van der Waals surface area (Å²) in [5.41, 5.74) is 0. The van der Waals surface area contributed by atoms with E-state index in [-0.39, 0.29) is 29.6 Å². The van der Waals surface area contributed by atoms with E-state index >= 15 is 0 Å². The minimum absolute atomic E-state index is 0. The second-order valence-corrected chi connectivity index (χ2v) is 5.80. The Hall–Kier alpha value is -0.390. The molecule has 0 unspecified atom stereocenters. The van der Waals surface area contributed by atoms with Gasteiger partial charge >= 0.3 is 35.5 Å². The van der Waals surface area contributed by atoms with Crippen LogP contribution < -0.4 is 29.6 Å². The molecule has 0 amide bonds. The van der Waals surface area contributed by atoms with Crippen LogP contribution in [0.1, 0.15) is 96.8 Å². The molecule has 6 heteroatoms. The van der Waals surface area contributed by atoms with E-state index in [1.165, 1.54) is 70.6 Å². The summed E-state index contributed by atoms with van der Waals surface area (Å²) in [7, 11) is 0. The van der Waals surface area contributed by atoms with Gasteiger partial charge in [0.05, 0.1) is 0 Å². The van der Waals surface area contributed by atoms with Gasteiger partial charge in [0.25, 0.3) is 0 Å². The number of carboxylic acids is 1. The zero-order valence-electron chi connectivity index (χ0n) is 15.7. The number of carboxylic acid groups (broad SMARTS) is 1. The van der Waals surface area contributed by atoms with Crippen LogP contribution in [-0.2, 0) is 4.79 Å². The second-order valence-electron chi connectivity index (χ2n) is 5.80. The summed E-state index contributed by atoms with van der Waals surface area (Å²) in [5, 5.41) is 17.5. The molecule has 0 aromatic rings. The zero-order chi connectivity index (χ0) is 17.6. The summed E-state index contributed by atoms with van der Waals surface area (Å²) >= 11 is 0. The second kappa shape index (κ2) is 27.5. The van der Waals surface area contributed by atoms with Crippen LogP contribution in [0.4, 0.5) is 0 Å². The van der Waals surface area contributed by atoms with Gasteiger partial charge in [0.15, 0.2) is 0 Å². The number of nitrogens with zero attached hydrogens (tertiary/aromatic N) is 1. The molecule has 24 heavy (non-hydrogen) atoms. The fourth-order valence-corrected chi connectivity index (χ4v) is 2.35. The molecule has 0 spiro atoms. The van der Waals surface area contributed by atoms with Crippen molar-refractivity contribution >= 4 is 5.97 Å². The van der Waals surface area contributed by atoms with E-state index in [2.05, 4.69) is 19.1 Å². The molecule has 0 saturated heterocycles. The van der Waals surface area contributed by atoms with Crippen LogP contribution in [0.2, 0.25) is 0 Å². The third-order valence-electron chi connectivity index (χ3n) is 3.65. The largest absolute Gasteiger partial charge is 1.00 e. The first-order valence-electron chi connectivity index (χ1n) is 9.00. The van der Waals surface area contributed by atoms with Gasteiger partial charge in [-0.25, -0.2) is 0 Å². The molecule has 0 atom stereocenters. The van der Waals surface area contributed by atoms with Crippen LogP contribution in [0.15, 0.2) is 17.5 Å². The van der Waals surface area contributed by atoms with Crippen LogP contribution in [0, 0.1) is 10.1 Å². The fraction of sp³-hybridized carbons (Fsp3) is 0.833. The summed E-state index contributed by atoms with van der Waals surface area (Å²) in [5.74, 6) is -0.664. The molecule has 0 aliphatic heterocycles. The average molecular weight is 351 g/mol. The molecule has 5 nitrogen and oxygen atoms in total. The zero-order valence-corrected chi connectivity index (χ0v) is 17.7. The molecule has 0 radical (unpaired) electrons. The number of rotatable bonds is 15. The smallest absolute Gasteiger partial charge is 0.481 e. The van der Waals surface area contributed by atoms with E-state index in [9.17, 15) is 4.79 Å². The topological polar surface area (TPSA) is 89.8 Å². The molecule has 0 rings (SSSR count). The van der Waals surface area contributed by atoms with Gasteiger partial charge in [-0.2, -0.15) is 0 Å². The predicted octanol–water partition coefficient (Wildman–Crippen LogP) is 3.36. The van der Waals surface area contributed by atoms with E-state index in [1.807, 2.05) is 0 Å². The number of aliphatic carboxylic acids is 1. The van der Waals surface area contributed by atoms with Crippen LogP contribution >= 0.6 is 0 Å². The van der Waals surface area contributed by atoms with Crippen molar-refractivity contribution in [1.29, 1.82) is 0 Å². The quantitative estimate of drug-likeness (QED) is 0.161. The number of carbonyl (C=O) groups is 1. The summed E-state index contributed by atoms with van der Waals surface area (Å²) in [6.07, 6.45) is 21.2. The maximum atomic E-state index is 10.3. The van der Waals surface area contributed by atoms with Gasteiger partial charge in [-0.15, -0.1) is 5.34 Å². The molecule has 0 aromatic heterocycles. The summed E-state index contributed by atoms with van der Waals surface area (Å²) in [6, 6.07) is 0. The molecule has 0 aliphatic carbocycles. The minimum atomic E-state index is -0.664. The van der Waals surface area contributed by atoms with Gasteiger partial charge in [0.1, 0.15) is 0 Å². The first kappa shape index (κ1) is 28.4. The maximum absolute atomic E-state index is 10.3. The summed E-state index contributed by atoms with van der Waals surface area (Å²) < 4.78 is 0. The Morgan fingerprint density at radius 1 is 0.875 bits per heavy atom. The SMILES string of the molecule is CCCCCCCCC=CCCCCCCCC(=O)O.O=N[O-].[Na+]. The monoisotopic (exact) mass is 351 g/mol. The normalized spacial score (nSPS) is 9.88. The summed E-state index contributed by atoms with van der Waals surface area (Å²) in [6.45, 7) is 2.26. The first-order valence-corrected chi connectivity index (χ1v) is 9.00. The first-order chi connectivity index (χ1) is 11.2. The molecule has 0 bridgehead atoms. The number of hydrogen-bond acceptors (Lipinski definition) is 4. The van der Waals surface area contributed by atoms with E-state index in [0.717, 1.165) is 18.2 Å². The number of unbranched alkanes of at least 4 members (excludes halogenated alkanes) is 11. The van der Waals surface area contributed by atoms with Crippen molar-refractivity contribution in [2.45, 2.75) is 96.8 Å². The standard InChI is InChI=1S/C18H34O2.HNO2.Na/c1-2-3-4-5-6-7-8-9-10-11-12-13-14-15-16-17-18(19)20;2-1-3;/h9-10H,2-8,11-17H2,1H3,(H,19,20);(H,2,3);/q;;+1/p-1. The third kappa shape index (κ3) is 33.3. The van der Waals surface area contributed by atoms with Crippen molar-refractivity contribution in [2.75, 3.05) is 0 Å². The van der Waals surface area contributed by atoms with Crippen LogP contribution in [-0.4, -0.2) is 11.1 Å². The van der Waals surface area contributed by atoms with Crippen molar-refractivity contribution in [3.8, 4) is 0 Å². The average Bonchev–Trinajstić information content (AvgIpc) is 2.51.